The Bertz CT molecular complexity index is 1090. The van der Waals surface area contributed by atoms with E-state index >= 15 is 0 Å². The van der Waals surface area contributed by atoms with E-state index in [1.165, 1.54) is 27.3 Å². The van der Waals surface area contributed by atoms with Gasteiger partial charge in [-0.05, 0) is 26.0 Å². The van der Waals surface area contributed by atoms with Gasteiger partial charge < -0.3 is 19.3 Å². The first-order chi connectivity index (χ1) is 13.9. The lowest BCUT2D eigenvalue weighted by Gasteiger charge is -2.17. The lowest BCUT2D eigenvalue weighted by molar-refractivity contribution is -0.0771. The number of halogens is 2. The molecule has 3 rings (SSSR count). The van der Waals surface area contributed by atoms with Crippen molar-refractivity contribution in [3.8, 4) is 17.2 Å². The van der Waals surface area contributed by atoms with Crippen LogP contribution in [0, 0.1) is 11.6 Å². The van der Waals surface area contributed by atoms with Gasteiger partial charge in [0.2, 0.25) is 10.0 Å². The lowest BCUT2D eigenvalue weighted by Crippen LogP contribution is -2.24. The Kier molecular flexibility index (Phi) is 5.80. The van der Waals surface area contributed by atoms with Crippen LogP contribution in [0.4, 0.5) is 8.78 Å². The number of aliphatic hydroxyl groups is 1. The monoisotopic (exact) mass is 443 g/mol. The molecule has 0 bridgehead atoms. The van der Waals surface area contributed by atoms with Crippen LogP contribution in [-0.4, -0.2) is 44.6 Å². The van der Waals surface area contributed by atoms with E-state index in [-0.39, 0.29) is 5.75 Å². The van der Waals surface area contributed by atoms with E-state index < -0.39 is 44.2 Å². The second-order valence-corrected chi connectivity index (χ2v) is 9.85. The summed E-state index contributed by atoms with van der Waals surface area (Å²) in [6.07, 6.45) is -0.850. The average molecular weight is 443 g/mol. The van der Waals surface area contributed by atoms with Crippen molar-refractivity contribution in [3.63, 3.8) is 0 Å². The summed E-state index contributed by atoms with van der Waals surface area (Å²) in [7, 11) is -0.431. The number of nitrogens with zero attached hydrogens (tertiary/aromatic N) is 1. The number of methoxy groups -OCH3 is 1. The summed E-state index contributed by atoms with van der Waals surface area (Å²) in [6, 6.07) is 4.29. The number of aliphatic hydroxyl groups excluding tert-OH is 1. The van der Waals surface area contributed by atoms with Crippen molar-refractivity contribution in [3.05, 3.63) is 47.0 Å². The molecule has 0 fully saturated rings. The SMILES string of the molecule is COC(O)c1cc(Oc2cc(F)c(S(=O)(=O)N(C)C)cc2F)c2c(c1)OC(C)(C)C2. The molecule has 1 atom stereocenters. The second-order valence-electron chi connectivity index (χ2n) is 7.72. The third kappa shape index (κ3) is 4.13. The molecule has 1 aliphatic rings. The molecule has 0 amide bonds. The van der Waals surface area contributed by atoms with Crippen LogP contribution in [0.25, 0.3) is 0 Å². The molecule has 1 heterocycles. The molecule has 7 nitrogen and oxygen atoms in total. The molecule has 1 N–H and O–H groups in total. The summed E-state index contributed by atoms with van der Waals surface area (Å²) < 4.78 is 70.7. The van der Waals surface area contributed by atoms with Gasteiger partial charge in [-0.25, -0.2) is 21.5 Å². The van der Waals surface area contributed by atoms with Gasteiger partial charge in [-0.15, -0.1) is 0 Å². The van der Waals surface area contributed by atoms with Crippen LogP contribution in [0.1, 0.15) is 31.3 Å². The molecule has 2 aromatic rings. The van der Waals surface area contributed by atoms with E-state index in [4.69, 9.17) is 14.2 Å². The van der Waals surface area contributed by atoms with E-state index in [2.05, 4.69) is 0 Å². The summed E-state index contributed by atoms with van der Waals surface area (Å²) in [5.74, 6) is -2.13. The molecule has 10 heteroatoms. The normalized spacial score (nSPS) is 16.3. The first-order valence-corrected chi connectivity index (χ1v) is 10.5. The number of sulfonamides is 1. The van der Waals surface area contributed by atoms with Crippen molar-refractivity contribution < 1.29 is 36.5 Å². The maximum Gasteiger partial charge on any atom is 0.245 e. The smallest absolute Gasteiger partial charge is 0.245 e. The quantitative estimate of drug-likeness (QED) is 0.690. The maximum absolute atomic E-state index is 14.7. The first kappa shape index (κ1) is 22.4. The Balaban J connectivity index is 2.07. The van der Waals surface area contributed by atoms with Gasteiger partial charge in [0.1, 0.15) is 27.8 Å². The zero-order valence-corrected chi connectivity index (χ0v) is 18.0. The summed E-state index contributed by atoms with van der Waals surface area (Å²) in [4.78, 5) is -0.796. The van der Waals surface area contributed by atoms with Crippen molar-refractivity contribution in [1.82, 2.24) is 4.31 Å². The standard InChI is InChI=1S/C20H23F2NO6S/c1-20(2)10-12-15(6-11(19(24)27-5)7-16(12)29-20)28-17-8-14(22)18(9-13(17)21)30(25,26)23(3)4/h6-9,19,24H,10H2,1-5H3. The molecule has 0 saturated heterocycles. The highest BCUT2D eigenvalue weighted by atomic mass is 32.2. The summed E-state index contributed by atoms with van der Waals surface area (Å²) >= 11 is 0. The molecule has 164 valence electrons. The number of benzene rings is 2. The Morgan fingerprint density at radius 2 is 1.80 bits per heavy atom. The van der Waals surface area contributed by atoms with Crippen molar-refractivity contribution in [2.24, 2.45) is 0 Å². The lowest BCUT2D eigenvalue weighted by atomic mass is 9.99. The molecule has 0 radical (unpaired) electrons. The Morgan fingerprint density at radius 3 is 2.40 bits per heavy atom. The molecule has 0 saturated carbocycles. The van der Waals surface area contributed by atoms with Crippen molar-refractivity contribution in [2.45, 2.75) is 37.1 Å². The third-order valence-electron chi connectivity index (χ3n) is 4.65. The Morgan fingerprint density at radius 1 is 1.13 bits per heavy atom. The number of rotatable bonds is 6. The number of fused-ring (bicyclic) bond motifs is 1. The minimum Gasteiger partial charge on any atom is -0.487 e. The fourth-order valence-corrected chi connectivity index (χ4v) is 4.09. The Hall–Kier alpha value is -2.27. The highest BCUT2D eigenvalue weighted by Crippen LogP contribution is 2.44. The summed E-state index contributed by atoms with van der Waals surface area (Å²) in [6.45, 7) is 3.70. The van der Waals surface area contributed by atoms with Crippen LogP contribution in [-0.2, 0) is 21.2 Å². The fraction of sp³-hybridized carbons (Fsp3) is 0.400. The molecule has 1 aliphatic heterocycles. The predicted molar refractivity (Wildman–Crippen MR) is 104 cm³/mol. The van der Waals surface area contributed by atoms with Crippen LogP contribution < -0.4 is 9.47 Å². The minimum absolute atomic E-state index is 0.144. The van der Waals surface area contributed by atoms with Gasteiger partial charge in [-0.3, -0.25) is 0 Å². The van der Waals surface area contributed by atoms with E-state index in [9.17, 15) is 22.3 Å². The number of hydrogen-bond acceptors (Lipinski definition) is 6. The summed E-state index contributed by atoms with van der Waals surface area (Å²) in [5.41, 5.74) is 0.346. The van der Waals surface area contributed by atoms with Crippen LogP contribution >= 0.6 is 0 Å². The van der Waals surface area contributed by atoms with Gasteiger partial charge in [0, 0.05) is 50.9 Å². The number of ether oxygens (including phenoxy) is 3. The van der Waals surface area contributed by atoms with Gasteiger partial charge in [0.25, 0.3) is 0 Å². The molecule has 1 unspecified atom stereocenters. The van der Waals surface area contributed by atoms with Crippen LogP contribution in [0.3, 0.4) is 0 Å². The topological polar surface area (TPSA) is 85.3 Å². The van der Waals surface area contributed by atoms with Gasteiger partial charge in [0.15, 0.2) is 17.9 Å². The van der Waals surface area contributed by atoms with Crippen LogP contribution in [0.5, 0.6) is 17.2 Å². The molecular weight excluding hydrogens is 420 g/mol. The zero-order valence-electron chi connectivity index (χ0n) is 17.2. The summed E-state index contributed by atoms with van der Waals surface area (Å²) in [5, 5.41) is 10.0. The highest BCUT2D eigenvalue weighted by Gasteiger charge is 2.34. The van der Waals surface area contributed by atoms with Gasteiger partial charge in [-0.2, -0.15) is 0 Å². The largest absolute Gasteiger partial charge is 0.487 e. The van der Waals surface area contributed by atoms with Gasteiger partial charge >= 0.3 is 0 Å². The van der Waals surface area contributed by atoms with Crippen LogP contribution in [0.2, 0.25) is 0 Å². The Labute approximate surface area is 173 Å². The fourth-order valence-electron chi connectivity index (χ4n) is 3.14. The van der Waals surface area contributed by atoms with Crippen molar-refractivity contribution in [2.75, 3.05) is 21.2 Å². The van der Waals surface area contributed by atoms with E-state index in [1.807, 2.05) is 13.8 Å². The van der Waals surface area contributed by atoms with Gasteiger partial charge in [-0.1, -0.05) is 0 Å². The third-order valence-corrected chi connectivity index (χ3v) is 6.48. The molecule has 0 aliphatic carbocycles. The maximum atomic E-state index is 14.7. The van der Waals surface area contributed by atoms with Crippen molar-refractivity contribution in [1.29, 1.82) is 0 Å². The second kappa shape index (κ2) is 7.77. The molecule has 0 spiro atoms. The molecular formula is C20H23F2NO6S. The van der Waals surface area contributed by atoms with E-state index in [0.717, 1.165) is 4.31 Å². The van der Waals surface area contributed by atoms with Crippen molar-refractivity contribution >= 4 is 10.0 Å². The molecule has 2 aromatic carbocycles. The molecule has 30 heavy (non-hydrogen) atoms. The van der Waals surface area contributed by atoms with E-state index in [1.54, 1.807) is 6.07 Å². The predicted octanol–water partition coefficient (Wildman–Crippen LogP) is 3.36. The zero-order chi connectivity index (χ0) is 22.4. The first-order valence-electron chi connectivity index (χ1n) is 9.02. The van der Waals surface area contributed by atoms with E-state index in [0.29, 0.717) is 35.4 Å². The number of hydrogen-bond donors (Lipinski definition) is 1. The van der Waals surface area contributed by atoms with Gasteiger partial charge in [0.05, 0.1) is 0 Å². The minimum atomic E-state index is -4.17. The average Bonchev–Trinajstić information content (AvgIpc) is 2.97. The highest BCUT2D eigenvalue weighted by molar-refractivity contribution is 7.89. The van der Waals surface area contributed by atoms with Crippen LogP contribution in [0.15, 0.2) is 29.2 Å². The molecule has 0 aromatic heterocycles.